The van der Waals surface area contributed by atoms with Gasteiger partial charge in [-0.3, -0.25) is 0 Å². The molecular formula is C32H45F5O3S. The second-order valence-corrected chi connectivity index (χ2v) is 14.7. The average molecular weight is 605 g/mol. The molecule has 0 aliphatic heterocycles. The zero-order valence-electron chi connectivity index (χ0n) is 24.1. The SMILES string of the molecule is C=C1[C@H](O)C[C@H]2[C@@H]3CCc4cc(O)ccc4C3(CCCCCCCC[S+]([O-])CCCC(F)(F)C(F)(F)F)CC[C@]12C. The summed E-state index contributed by atoms with van der Waals surface area (Å²) in [5, 5.41) is 20.9. The van der Waals surface area contributed by atoms with E-state index in [0.717, 1.165) is 76.2 Å². The van der Waals surface area contributed by atoms with E-state index in [0.29, 0.717) is 29.8 Å². The van der Waals surface area contributed by atoms with E-state index in [4.69, 9.17) is 0 Å². The number of aliphatic hydroxyl groups excluding tert-OH is 1. The van der Waals surface area contributed by atoms with Crippen molar-refractivity contribution < 1.29 is 36.7 Å². The fraction of sp³-hybridized carbons (Fsp3) is 0.750. The Hall–Kier alpha value is -1.32. The highest BCUT2D eigenvalue weighted by Crippen LogP contribution is 2.65. The summed E-state index contributed by atoms with van der Waals surface area (Å²) in [4.78, 5) is 0. The van der Waals surface area contributed by atoms with Crippen molar-refractivity contribution in [3.05, 3.63) is 41.5 Å². The Kier molecular flexibility index (Phi) is 10.1. The van der Waals surface area contributed by atoms with E-state index >= 15 is 0 Å². The number of aliphatic hydroxyl groups is 1. The molecule has 3 aliphatic rings. The second-order valence-electron chi connectivity index (χ2n) is 13.0. The van der Waals surface area contributed by atoms with Gasteiger partial charge in [0.25, 0.3) is 0 Å². The van der Waals surface area contributed by atoms with Crippen LogP contribution in [0.1, 0.15) is 102 Å². The van der Waals surface area contributed by atoms with Crippen LogP contribution in [-0.4, -0.2) is 44.5 Å². The molecular weight excluding hydrogens is 559 g/mol. The molecule has 3 aliphatic carbocycles. The lowest BCUT2D eigenvalue weighted by Gasteiger charge is -2.57. The van der Waals surface area contributed by atoms with Gasteiger partial charge in [-0.25, -0.2) is 0 Å². The standard InChI is InChI=1S/C32H45F5O3S/c1-22-28(39)21-27-26-12-10-23-20-24(38)11-13-25(23)30(26,17-16-29(22,27)2)14-7-5-3-4-6-8-18-41(40)19-9-15-31(33,34)32(35,36)37/h11,13,20,26-28,38-39H,1,3-10,12,14-19,21H2,2H3/t26-,27-,28+,29+,30?,41?/m0/s1. The van der Waals surface area contributed by atoms with Gasteiger partial charge in [-0.15, -0.1) is 0 Å². The maximum atomic E-state index is 13.0. The summed E-state index contributed by atoms with van der Waals surface area (Å²) < 4.78 is 74.8. The highest BCUT2D eigenvalue weighted by molar-refractivity contribution is 7.91. The molecule has 0 bridgehead atoms. The molecule has 2 saturated carbocycles. The van der Waals surface area contributed by atoms with Crippen molar-refractivity contribution in [1.29, 1.82) is 0 Å². The molecule has 3 nitrogen and oxygen atoms in total. The second kappa shape index (κ2) is 12.7. The number of phenols is 1. The van der Waals surface area contributed by atoms with E-state index < -0.39 is 42.2 Å². The number of hydrogen-bond acceptors (Lipinski definition) is 3. The first kappa shape index (κ1) is 32.6. The number of fused-ring (bicyclic) bond motifs is 5. The Morgan fingerprint density at radius 2 is 1.63 bits per heavy atom. The predicted octanol–water partition coefficient (Wildman–Crippen LogP) is 8.39. The third-order valence-electron chi connectivity index (χ3n) is 10.6. The first-order chi connectivity index (χ1) is 19.2. The zero-order chi connectivity index (χ0) is 30.1. The Bertz CT molecular complexity index is 1060. The number of benzene rings is 1. The summed E-state index contributed by atoms with van der Waals surface area (Å²) in [5.41, 5.74) is 3.62. The first-order valence-electron chi connectivity index (χ1n) is 15.2. The topological polar surface area (TPSA) is 63.5 Å². The third kappa shape index (κ3) is 6.77. The molecule has 2 N–H and O–H groups in total. The van der Waals surface area contributed by atoms with Crippen LogP contribution in [0.25, 0.3) is 0 Å². The van der Waals surface area contributed by atoms with Gasteiger partial charge in [0.1, 0.15) is 17.3 Å². The van der Waals surface area contributed by atoms with Crippen molar-refractivity contribution in [2.24, 2.45) is 17.3 Å². The highest BCUT2D eigenvalue weighted by atomic mass is 32.2. The van der Waals surface area contributed by atoms with Crippen molar-refractivity contribution in [1.82, 2.24) is 0 Å². The monoisotopic (exact) mass is 604 g/mol. The van der Waals surface area contributed by atoms with Gasteiger partial charge in [0.2, 0.25) is 0 Å². The number of rotatable bonds is 13. The molecule has 4 rings (SSSR count). The molecule has 232 valence electrons. The Balaban J connectivity index is 1.24. The van der Waals surface area contributed by atoms with Crippen molar-refractivity contribution in [3.8, 4) is 5.75 Å². The fourth-order valence-corrected chi connectivity index (χ4v) is 9.42. The van der Waals surface area contributed by atoms with Crippen LogP contribution in [0, 0.1) is 17.3 Å². The molecule has 0 amide bonds. The van der Waals surface area contributed by atoms with Crippen LogP contribution < -0.4 is 0 Å². The first-order valence-corrected chi connectivity index (χ1v) is 16.7. The molecule has 2 fully saturated rings. The largest absolute Gasteiger partial charge is 0.616 e. The number of phenolic OH excluding ortho intramolecular Hbond substituents is 1. The lowest BCUT2D eigenvalue weighted by atomic mass is 9.47. The smallest absolute Gasteiger partial charge is 0.453 e. The van der Waals surface area contributed by atoms with Gasteiger partial charge in [-0.05, 0) is 109 Å². The molecule has 9 heteroatoms. The van der Waals surface area contributed by atoms with Crippen LogP contribution in [0.5, 0.6) is 5.75 Å². The van der Waals surface area contributed by atoms with Gasteiger partial charge in [-0.1, -0.05) is 56.4 Å². The number of unbranched alkanes of at least 4 members (excludes halogenated alkanes) is 5. The quantitative estimate of drug-likeness (QED) is 0.103. The van der Waals surface area contributed by atoms with Crippen LogP contribution in [0.15, 0.2) is 30.4 Å². The molecule has 0 saturated heterocycles. The number of hydrogen-bond donors (Lipinski definition) is 2. The minimum atomic E-state index is -5.55. The van der Waals surface area contributed by atoms with E-state index in [9.17, 15) is 36.7 Å². The highest BCUT2D eigenvalue weighted by Gasteiger charge is 2.60. The minimum absolute atomic E-state index is 0.0265. The maximum Gasteiger partial charge on any atom is 0.453 e. The lowest BCUT2D eigenvalue weighted by Crippen LogP contribution is -2.51. The number of alkyl halides is 5. The summed E-state index contributed by atoms with van der Waals surface area (Å²) >= 11 is -1.38. The summed E-state index contributed by atoms with van der Waals surface area (Å²) in [6, 6.07) is 5.87. The molecule has 2 unspecified atom stereocenters. The van der Waals surface area contributed by atoms with E-state index in [1.807, 2.05) is 12.1 Å². The van der Waals surface area contributed by atoms with Crippen LogP contribution in [0.2, 0.25) is 0 Å². The molecule has 6 atom stereocenters. The molecule has 0 aromatic heterocycles. The third-order valence-corrected chi connectivity index (χ3v) is 12.1. The van der Waals surface area contributed by atoms with Crippen LogP contribution in [-0.2, 0) is 23.0 Å². The lowest BCUT2D eigenvalue weighted by molar-refractivity contribution is -0.284. The Morgan fingerprint density at radius 3 is 2.34 bits per heavy atom. The predicted molar refractivity (Wildman–Crippen MR) is 153 cm³/mol. The fourth-order valence-electron chi connectivity index (χ4n) is 8.22. The average Bonchev–Trinajstić information content (AvgIpc) is 3.13. The van der Waals surface area contributed by atoms with E-state index in [1.165, 1.54) is 11.1 Å². The minimum Gasteiger partial charge on any atom is -0.616 e. The van der Waals surface area contributed by atoms with Crippen LogP contribution >= 0.6 is 0 Å². The molecule has 1 aromatic rings. The van der Waals surface area contributed by atoms with Gasteiger partial charge in [0.05, 0.1) is 6.10 Å². The van der Waals surface area contributed by atoms with Gasteiger partial charge in [0, 0.05) is 6.42 Å². The number of aromatic hydroxyl groups is 1. The summed E-state index contributed by atoms with van der Waals surface area (Å²) in [6.45, 7) is 6.58. The Labute approximate surface area is 244 Å². The molecule has 0 spiro atoms. The van der Waals surface area contributed by atoms with Gasteiger partial charge >= 0.3 is 12.1 Å². The van der Waals surface area contributed by atoms with Crippen LogP contribution in [0.3, 0.4) is 0 Å². The van der Waals surface area contributed by atoms with Gasteiger partial charge in [0.15, 0.2) is 0 Å². The number of halogens is 5. The van der Waals surface area contributed by atoms with E-state index in [1.54, 1.807) is 0 Å². The molecule has 0 radical (unpaired) electrons. The summed E-state index contributed by atoms with van der Waals surface area (Å²) in [7, 11) is 0. The van der Waals surface area contributed by atoms with Crippen molar-refractivity contribution >= 4 is 11.2 Å². The van der Waals surface area contributed by atoms with Gasteiger partial charge in [-0.2, -0.15) is 22.0 Å². The normalized spacial score (nSPS) is 30.5. The van der Waals surface area contributed by atoms with Crippen molar-refractivity contribution in [3.63, 3.8) is 0 Å². The molecule has 41 heavy (non-hydrogen) atoms. The van der Waals surface area contributed by atoms with Crippen molar-refractivity contribution in [2.75, 3.05) is 11.5 Å². The summed E-state index contributed by atoms with van der Waals surface area (Å²) in [5.74, 6) is -3.33. The summed E-state index contributed by atoms with van der Waals surface area (Å²) in [6.07, 6.45) is 3.88. The number of aryl methyl sites for hydroxylation is 1. The molecule has 1 aromatic carbocycles. The zero-order valence-corrected chi connectivity index (χ0v) is 24.9. The van der Waals surface area contributed by atoms with Crippen molar-refractivity contribution in [2.45, 2.75) is 120 Å². The van der Waals surface area contributed by atoms with E-state index in [-0.39, 0.29) is 16.6 Å². The van der Waals surface area contributed by atoms with Gasteiger partial charge < -0.3 is 14.8 Å². The van der Waals surface area contributed by atoms with E-state index in [2.05, 4.69) is 19.6 Å². The molecule has 0 heterocycles. The Morgan fingerprint density at radius 1 is 0.976 bits per heavy atom. The van der Waals surface area contributed by atoms with Crippen LogP contribution in [0.4, 0.5) is 22.0 Å². The maximum absolute atomic E-state index is 13.0.